The van der Waals surface area contributed by atoms with Crippen molar-refractivity contribution in [1.29, 1.82) is 0 Å². The molecule has 1 atom stereocenters. The number of rotatable bonds is 0. The predicted molar refractivity (Wildman–Crippen MR) is 40.9 cm³/mol. The maximum absolute atomic E-state index is 5.67. The van der Waals surface area contributed by atoms with Crippen molar-refractivity contribution in [3.63, 3.8) is 0 Å². The van der Waals surface area contributed by atoms with E-state index in [2.05, 4.69) is 19.2 Å². The van der Waals surface area contributed by atoms with E-state index in [-0.39, 0.29) is 11.6 Å². The van der Waals surface area contributed by atoms with Crippen LogP contribution in [0.2, 0.25) is 0 Å². The van der Waals surface area contributed by atoms with Crippen molar-refractivity contribution in [3.8, 4) is 0 Å². The van der Waals surface area contributed by atoms with E-state index >= 15 is 0 Å². The molecule has 1 unspecified atom stereocenters. The summed E-state index contributed by atoms with van der Waals surface area (Å²) in [6.07, 6.45) is 0. The Kier molecular flexibility index (Phi) is 2.28. The molecule has 1 saturated heterocycles. The number of nitrogens with one attached hydrogen (secondary N) is 1. The van der Waals surface area contributed by atoms with Crippen LogP contribution in [-0.4, -0.2) is 31.3 Å². The van der Waals surface area contributed by atoms with Gasteiger partial charge < -0.3 is 15.8 Å². The van der Waals surface area contributed by atoms with Crippen molar-refractivity contribution in [2.75, 3.05) is 19.7 Å². The molecule has 60 valence electrons. The predicted octanol–water partition coefficient (Wildman–Crippen LogP) is -0.288. The van der Waals surface area contributed by atoms with Crippen molar-refractivity contribution in [2.45, 2.75) is 25.5 Å². The summed E-state index contributed by atoms with van der Waals surface area (Å²) in [5.74, 6) is 0. The SMILES string of the molecule is CC1(C)CNCC(N)CO1. The van der Waals surface area contributed by atoms with Gasteiger partial charge in [-0.1, -0.05) is 0 Å². The van der Waals surface area contributed by atoms with Gasteiger partial charge in [-0.2, -0.15) is 0 Å². The van der Waals surface area contributed by atoms with Crippen LogP contribution >= 0.6 is 0 Å². The van der Waals surface area contributed by atoms with Gasteiger partial charge in [0, 0.05) is 19.1 Å². The second-order valence-electron chi connectivity index (χ2n) is 3.46. The molecule has 1 fully saturated rings. The van der Waals surface area contributed by atoms with E-state index < -0.39 is 0 Å². The highest BCUT2D eigenvalue weighted by Crippen LogP contribution is 2.09. The van der Waals surface area contributed by atoms with Crippen molar-refractivity contribution >= 4 is 0 Å². The first kappa shape index (κ1) is 7.98. The highest BCUT2D eigenvalue weighted by atomic mass is 16.5. The lowest BCUT2D eigenvalue weighted by Crippen LogP contribution is -2.36. The number of nitrogens with two attached hydrogens (primary N) is 1. The highest BCUT2D eigenvalue weighted by molar-refractivity contribution is 4.78. The minimum atomic E-state index is -0.0475. The molecule has 3 N–H and O–H groups in total. The minimum absolute atomic E-state index is 0.0475. The van der Waals surface area contributed by atoms with Crippen LogP contribution < -0.4 is 11.1 Å². The van der Waals surface area contributed by atoms with Crippen LogP contribution in [0.1, 0.15) is 13.8 Å². The zero-order valence-corrected chi connectivity index (χ0v) is 6.68. The van der Waals surface area contributed by atoms with E-state index in [1.54, 1.807) is 0 Å². The second kappa shape index (κ2) is 2.86. The van der Waals surface area contributed by atoms with E-state index in [0.29, 0.717) is 6.61 Å². The molecule has 0 aromatic heterocycles. The lowest BCUT2D eigenvalue weighted by molar-refractivity contribution is -0.00785. The average molecular weight is 144 g/mol. The Morgan fingerprint density at radius 3 is 3.00 bits per heavy atom. The molecular weight excluding hydrogens is 128 g/mol. The van der Waals surface area contributed by atoms with Crippen molar-refractivity contribution in [3.05, 3.63) is 0 Å². The largest absolute Gasteiger partial charge is 0.373 e. The van der Waals surface area contributed by atoms with Crippen molar-refractivity contribution in [1.82, 2.24) is 5.32 Å². The molecule has 3 nitrogen and oxygen atoms in total. The topological polar surface area (TPSA) is 47.3 Å². The number of hydrogen-bond donors (Lipinski definition) is 2. The third-order valence-electron chi connectivity index (χ3n) is 1.65. The standard InChI is InChI=1S/C7H16N2O/c1-7(2)5-9-3-6(8)4-10-7/h6,9H,3-5,8H2,1-2H3. The van der Waals surface area contributed by atoms with Gasteiger partial charge in [-0.3, -0.25) is 0 Å². The van der Waals surface area contributed by atoms with Gasteiger partial charge in [0.25, 0.3) is 0 Å². The second-order valence-corrected chi connectivity index (χ2v) is 3.46. The van der Waals surface area contributed by atoms with Crippen LogP contribution in [0.25, 0.3) is 0 Å². The van der Waals surface area contributed by atoms with Crippen LogP contribution in [0.3, 0.4) is 0 Å². The molecule has 3 heteroatoms. The van der Waals surface area contributed by atoms with Gasteiger partial charge in [-0.25, -0.2) is 0 Å². The summed E-state index contributed by atoms with van der Waals surface area (Å²) < 4.78 is 5.52. The van der Waals surface area contributed by atoms with Gasteiger partial charge in [-0.15, -0.1) is 0 Å². The fourth-order valence-corrected chi connectivity index (χ4v) is 1.00. The monoisotopic (exact) mass is 144 g/mol. The summed E-state index contributed by atoms with van der Waals surface area (Å²) in [6.45, 7) is 6.56. The first-order valence-electron chi connectivity index (χ1n) is 3.70. The molecule has 10 heavy (non-hydrogen) atoms. The maximum Gasteiger partial charge on any atom is 0.0751 e. The summed E-state index contributed by atoms with van der Waals surface area (Å²) in [5, 5.41) is 3.24. The Bertz CT molecular complexity index is 114. The smallest absolute Gasteiger partial charge is 0.0751 e. The van der Waals surface area contributed by atoms with E-state index in [4.69, 9.17) is 10.5 Å². The first-order chi connectivity index (χ1) is 4.60. The molecule has 0 spiro atoms. The third-order valence-corrected chi connectivity index (χ3v) is 1.65. The lowest BCUT2D eigenvalue weighted by Gasteiger charge is -2.22. The Morgan fingerprint density at radius 1 is 1.60 bits per heavy atom. The molecule has 0 amide bonds. The molecule has 1 heterocycles. The van der Waals surface area contributed by atoms with Crippen molar-refractivity contribution < 1.29 is 4.74 Å². The fraction of sp³-hybridized carbons (Fsp3) is 1.00. The first-order valence-corrected chi connectivity index (χ1v) is 3.70. The fourth-order valence-electron chi connectivity index (χ4n) is 1.00. The Labute approximate surface area is 61.9 Å². The quantitative estimate of drug-likeness (QED) is 0.491. The molecule has 0 aromatic rings. The zero-order valence-electron chi connectivity index (χ0n) is 6.68. The minimum Gasteiger partial charge on any atom is -0.373 e. The Hall–Kier alpha value is -0.120. The normalized spacial score (nSPS) is 33.3. The molecular formula is C7H16N2O. The summed E-state index contributed by atoms with van der Waals surface area (Å²) in [5.41, 5.74) is 5.62. The number of hydrogen-bond acceptors (Lipinski definition) is 3. The number of ether oxygens (including phenoxy) is 1. The van der Waals surface area contributed by atoms with Crippen LogP contribution in [0.5, 0.6) is 0 Å². The zero-order chi connectivity index (χ0) is 7.61. The molecule has 0 bridgehead atoms. The lowest BCUT2D eigenvalue weighted by atomic mass is 10.1. The highest BCUT2D eigenvalue weighted by Gasteiger charge is 2.22. The van der Waals surface area contributed by atoms with Crippen LogP contribution in [0.4, 0.5) is 0 Å². The van der Waals surface area contributed by atoms with Crippen LogP contribution in [-0.2, 0) is 4.74 Å². The van der Waals surface area contributed by atoms with Crippen LogP contribution in [0, 0.1) is 0 Å². The van der Waals surface area contributed by atoms with E-state index in [1.807, 2.05) is 0 Å². The maximum atomic E-state index is 5.67. The van der Waals surface area contributed by atoms with E-state index in [0.717, 1.165) is 13.1 Å². The summed E-state index contributed by atoms with van der Waals surface area (Å²) in [7, 11) is 0. The Balaban J connectivity index is 2.41. The molecule has 1 rings (SSSR count). The van der Waals surface area contributed by atoms with Gasteiger partial charge in [0.05, 0.1) is 12.2 Å². The van der Waals surface area contributed by atoms with Gasteiger partial charge in [-0.05, 0) is 13.8 Å². The molecule has 0 radical (unpaired) electrons. The summed E-state index contributed by atoms with van der Waals surface area (Å²) >= 11 is 0. The average Bonchev–Trinajstić information content (AvgIpc) is 1.94. The third kappa shape index (κ3) is 2.25. The Morgan fingerprint density at radius 2 is 2.30 bits per heavy atom. The van der Waals surface area contributed by atoms with E-state index in [1.165, 1.54) is 0 Å². The molecule has 0 aromatic carbocycles. The molecule has 1 aliphatic rings. The van der Waals surface area contributed by atoms with Gasteiger partial charge in [0.15, 0.2) is 0 Å². The molecule has 0 aliphatic carbocycles. The van der Waals surface area contributed by atoms with Crippen LogP contribution in [0.15, 0.2) is 0 Å². The molecule has 1 aliphatic heterocycles. The summed E-state index contributed by atoms with van der Waals surface area (Å²) in [6, 6.07) is 0.154. The van der Waals surface area contributed by atoms with Crippen molar-refractivity contribution in [2.24, 2.45) is 5.73 Å². The molecule has 0 saturated carbocycles. The van der Waals surface area contributed by atoms with Gasteiger partial charge >= 0.3 is 0 Å². The van der Waals surface area contributed by atoms with E-state index in [9.17, 15) is 0 Å². The van der Waals surface area contributed by atoms with Gasteiger partial charge in [0.2, 0.25) is 0 Å². The summed E-state index contributed by atoms with van der Waals surface area (Å²) in [4.78, 5) is 0. The van der Waals surface area contributed by atoms with Gasteiger partial charge in [0.1, 0.15) is 0 Å².